The highest BCUT2D eigenvalue weighted by Crippen LogP contribution is 2.28. The second-order valence-electron chi connectivity index (χ2n) is 5.94. The van der Waals surface area contributed by atoms with E-state index in [0.29, 0.717) is 19.0 Å². The van der Waals surface area contributed by atoms with Gasteiger partial charge >= 0.3 is 0 Å². The fraction of sp³-hybridized carbons (Fsp3) is 0.529. The van der Waals surface area contributed by atoms with Crippen LogP contribution in [0.2, 0.25) is 0 Å². The van der Waals surface area contributed by atoms with Gasteiger partial charge in [0.15, 0.2) is 0 Å². The molecule has 0 aromatic heterocycles. The smallest absolute Gasteiger partial charge is 0.254 e. The fourth-order valence-corrected chi connectivity index (χ4v) is 2.96. The topological polar surface area (TPSA) is 40.6 Å². The number of amides is 2. The lowest BCUT2D eigenvalue weighted by Crippen LogP contribution is -2.32. The van der Waals surface area contributed by atoms with Crippen molar-refractivity contribution in [3.05, 3.63) is 35.4 Å². The maximum atomic E-state index is 12.4. The molecule has 0 radical (unpaired) electrons. The molecule has 1 aromatic carbocycles. The molecule has 1 heterocycles. The van der Waals surface area contributed by atoms with Crippen LogP contribution in [0, 0.1) is 0 Å². The van der Waals surface area contributed by atoms with Gasteiger partial charge in [-0.15, -0.1) is 0 Å². The Hall–Kier alpha value is -1.84. The summed E-state index contributed by atoms with van der Waals surface area (Å²) < 4.78 is 0. The molecule has 0 bridgehead atoms. The number of benzene rings is 1. The fourth-order valence-electron chi connectivity index (χ4n) is 2.96. The molecule has 0 atom stereocenters. The van der Waals surface area contributed by atoms with Gasteiger partial charge in [0.1, 0.15) is 0 Å². The van der Waals surface area contributed by atoms with Gasteiger partial charge in [0.2, 0.25) is 5.91 Å². The Bertz CT molecular complexity index is 534. The van der Waals surface area contributed by atoms with Gasteiger partial charge in [-0.2, -0.15) is 0 Å². The molecule has 3 rings (SSSR count). The molecule has 2 fully saturated rings. The number of carbonyl (C=O) groups is 2. The first-order valence-corrected chi connectivity index (χ1v) is 7.86. The summed E-state index contributed by atoms with van der Waals surface area (Å²) in [5, 5.41) is 0. The van der Waals surface area contributed by atoms with Gasteiger partial charge in [-0.25, -0.2) is 0 Å². The van der Waals surface area contributed by atoms with Crippen LogP contribution in [-0.2, 0) is 11.3 Å². The molecule has 21 heavy (non-hydrogen) atoms. The first-order valence-electron chi connectivity index (χ1n) is 7.86. The van der Waals surface area contributed by atoms with Crippen LogP contribution in [-0.4, -0.2) is 40.7 Å². The normalized spacial score (nSPS) is 18.1. The third kappa shape index (κ3) is 3.09. The summed E-state index contributed by atoms with van der Waals surface area (Å²) >= 11 is 0. The summed E-state index contributed by atoms with van der Waals surface area (Å²) in [7, 11) is 0. The molecule has 4 nitrogen and oxygen atoms in total. The van der Waals surface area contributed by atoms with Crippen molar-refractivity contribution < 1.29 is 9.59 Å². The van der Waals surface area contributed by atoms with Gasteiger partial charge in [0.05, 0.1) is 0 Å². The van der Waals surface area contributed by atoms with Gasteiger partial charge in [0, 0.05) is 37.7 Å². The molecular weight excluding hydrogens is 264 g/mol. The van der Waals surface area contributed by atoms with E-state index in [2.05, 4.69) is 0 Å². The molecule has 0 unspecified atom stereocenters. The molecule has 1 aliphatic carbocycles. The van der Waals surface area contributed by atoms with Crippen LogP contribution in [0.5, 0.6) is 0 Å². The molecule has 2 amide bonds. The quantitative estimate of drug-likeness (QED) is 0.834. The van der Waals surface area contributed by atoms with Crippen LogP contribution >= 0.6 is 0 Å². The molecule has 1 aromatic rings. The van der Waals surface area contributed by atoms with Gasteiger partial charge in [-0.1, -0.05) is 12.1 Å². The molecule has 2 aliphatic rings. The zero-order valence-electron chi connectivity index (χ0n) is 12.5. The third-order valence-electron chi connectivity index (χ3n) is 4.33. The number of hydrogen-bond acceptors (Lipinski definition) is 2. The Labute approximate surface area is 125 Å². The predicted octanol–water partition coefficient (Wildman–Crippen LogP) is 2.43. The summed E-state index contributed by atoms with van der Waals surface area (Å²) in [5.41, 5.74) is 1.84. The largest absolute Gasteiger partial charge is 0.338 e. The van der Waals surface area contributed by atoms with Crippen LogP contribution in [0.15, 0.2) is 24.3 Å². The average molecular weight is 286 g/mol. The predicted molar refractivity (Wildman–Crippen MR) is 80.8 cm³/mol. The first kappa shape index (κ1) is 14.1. The van der Waals surface area contributed by atoms with Gasteiger partial charge < -0.3 is 9.80 Å². The monoisotopic (exact) mass is 286 g/mol. The van der Waals surface area contributed by atoms with Crippen molar-refractivity contribution in [3.8, 4) is 0 Å². The van der Waals surface area contributed by atoms with Crippen molar-refractivity contribution in [2.75, 3.05) is 13.1 Å². The molecule has 4 heteroatoms. The zero-order valence-corrected chi connectivity index (χ0v) is 12.5. The lowest BCUT2D eigenvalue weighted by molar-refractivity contribution is -0.128. The SMILES string of the molecule is CCN(C(=O)c1ccc(CN2CCCC2=O)cc1)C1CC1. The van der Waals surface area contributed by atoms with E-state index in [9.17, 15) is 9.59 Å². The molecular formula is C17H22N2O2. The number of likely N-dealkylation sites (tertiary alicyclic amines) is 1. The summed E-state index contributed by atoms with van der Waals surface area (Å²) in [5.74, 6) is 0.366. The zero-order chi connectivity index (χ0) is 14.8. The minimum Gasteiger partial charge on any atom is -0.338 e. The van der Waals surface area contributed by atoms with Crippen LogP contribution in [0.25, 0.3) is 0 Å². The lowest BCUT2D eigenvalue weighted by atomic mass is 10.1. The van der Waals surface area contributed by atoms with Crippen molar-refractivity contribution in [1.82, 2.24) is 9.80 Å². The maximum absolute atomic E-state index is 12.4. The average Bonchev–Trinajstić information content (AvgIpc) is 3.25. The number of carbonyl (C=O) groups excluding carboxylic acids is 2. The Morgan fingerprint density at radius 2 is 2.00 bits per heavy atom. The van der Waals surface area contributed by atoms with E-state index >= 15 is 0 Å². The van der Waals surface area contributed by atoms with Gasteiger partial charge in [-0.3, -0.25) is 9.59 Å². The second kappa shape index (κ2) is 5.88. The Balaban J connectivity index is 1.65. The molecule has 0 spiro atoms. The van der Waals surface area contributed by atoms with E-state index in [0.717, 1.165) is 43.5 Å². The molecule has 112 valence electrons. The summed E-state index contributed by atoms with van der Waals surface area (Å²) in [6.45, 7) is 4.31. The number of nitrogens with zero attached hydrogens (tertiary/aromatic N) is 2. The van der Waals surface area contributed by atoms with Crippen LogP contribution in [0.4, 0.5) is 0 Å². The van der Waals surface area contributed by atoms with Crippen molar-refractivity contribution in [3.63, 3.8) is 0 Å². The maximum Gasteiger partial charge on any atom is 0.254 e. The Morgan fingerprint density at radius 3 is 2.52 bits per heavy atom. The van der Waals surface area contributed by atoms with E-state index in [1.54, 1.807) is 0 Å². The minimum absolute atomic E-state index is 0.129. The van der Waals surface area contributed by atoms with Crippen molar-refractivity contribution >= 4 is 11.8 Å². The summed E-state index contributed by atoms with van der Waals surface area (Å²) in [6.07, 6.45) is 3.90. The first-order chi connectivity index (χ1) is 10.2. The summed E-state index contributed by atoms with van der Waals surface area (Å²) in [6, 6.07) is 8.18. The van der Waals surface area contributed by atoms with Crippen molar-refractivity contribution in [1.29, 1.82) is 0 Å². The van der Waals surface area contributed by atoms with E-state index in [1.807, 2.05) is 41.0 Å². The minimum atomic E-state index is 0.129. The molecule has 1 aliphatic heterocycles. The van der Waals surface area contributed by atoms with E-state index in [4.69, 9.17) is 0 Å². The summed E-state index contributed by atoms with van der Waals surface area (Å²) in [4.78, 5) is 27.9. The number of rotatable bonds is 5. The van der Waals surface area contributed by atoms with Crippen LogP contribution in [0.3, 0.4) is 0 Å². The van der Waals surface area contributed by atoms with Gasteiger partial charge in [-0.05, 0) is 43.9 Å². The van der Waals surface area contributed by atoms with E-state index in [1.165, 1.54) is 0 Å². The second-order valence-corrected chi connectivity index (χ2v) is 5.94. The van der Waals surface area contributed by atoms with E-state index < -0.39 is 0 Å². The van der Waals surface area contributed by atoms with Crippen molar-refractivity contribution in [2.24, 2.45) is 0 Å². The molecule has 0 N–H and O–H groups in total. The molecule has 1 saturated carbocycles. The van der Waals surface area contributed by atoms with Gasteiger partial charge in [0.25, 0.3) is 5.91 Å². The Morgan fingerprint density at radius 1 is 1.29 bits per heavy atom. The van der Waals surface area contributed by atoms with Crippen LogP contribution in [0.1, 0.15) is 48.5 Å². The molecule has 1 saturated heterocycles. The van der Waals surface area contributed by atoms with Crippen LogP contribution < -0.4 is 0 Å². The lowest BCUT2D eigenvalue weighted by Gasteiger charge is -2.21. The highest BCUT2D eigenvalue weighted by molar-refractivity contribution is 5.94. The van der Waals surface area contributed by atoms with Crippen molar-refractivity contribution in [2.45, 2.75) is 45.2 Å². The number of hydrogen-bond donors (Lipinski definition) is 0. The highest BCUT2D eigenvalue weighted by Gasteiger charge is 2.31. The standard InChI is InChI=1S/C17H22N2O2/c1-2-19(15-9-10-15)17(21)14-7-5-13(6-8-14)12-18-11-3-4-16(18)20/h5-8,15H,2-4,9-12H2,1H3. The van der Waals surface area contributed by atoms with E-state index in [-0.39, 0.29) is 11.8 Å². The third-order valence-corrected chi connectivity index (χ3v) is 4.33. The highest BCUT2D eigenvalue weighted by atomic mass is 16.2. The Kier molecular flexibility index (Phi) is 3.95.